The van der Waals surface area contributed by atoms with Gasteiger partial charge in [-0.2, -0.15) is 4.98 Å². The van der Waals surface area contributed by atoms with Crippen LogP contribution in [-0.4, -0.2) is 44.8 Å². The van der Waals surface area contributed by atoms with Crippen molar-refractivity contribution in [1.29, 1.82) is 0 Å². The van der Waals surface area contributed by atoms with Gasteiger partial charge in [-0.05, 0) is 60.9 Å². The third kappa shape index (κ3) is 4.90. The van der Waals surface area contributed by atoms with E-state index in [9.17, 15) is 14.3 Å². The predicted octanol–water partition coefficient (Wildman–Crippen LogP) is 5.66. The highest BCUT2D eigenvalue weighted by molar-refractivity contribution is 7.98. The van der Waals surface area contributed by atoms with Gasteiger partial charge in [0, 0.05) is 35.8 Å². The van der Waals surface area contributed by atoms with Crippen molar-refractivity contribution in [1.82, 2.24) is 19.9 Å². The molecule has 2 atom stereocenters. The summed E-state index contributed by atoms with van der Waals surface area (Å²) in [4.78, 5) is 25.7. The van der Waals surface area contributed by atoms with Gasteiger partial charge in [0.15, 0.2) is 11.5 Å². The number of benzene rings is 3. The zero-order chi connectivity index (χ0) is 28.8. The zero-order valence-electron chi connectivity index (χ0n) is 22.5. The minimum absolute atomic E-state index is 0.139. The standard InChI is InChI=1S/C32H27F2N5O2S/c33-25-7-4-8-27(40)28(25)29-26(34)15-24-30(38-16-20-9-10-21(17-38)35-20)37-32(41)39(31(24)36-29)22-11-13-23(14-12-22)42-18-19-5-2-1-3-6-19/h1-8,11-15,20-21,35,40H,9-10,16-18H2. The Balaban J connectivity index is 1.36. The van der Waals surface area contributed by atoms with Crippen LogP contribution in [0.25, 0.3) is 28.0 Å². The molecule has 0 amide bonds. The summed E-state index contributed by atoms with van der Waals surface area (Å²) >= 11 is 1.67. The molecule has 2 aromatic heterocycles. The van der Waals surface area contributed by atoms with Crippen LogP contribution in [0.4, 0.5) is 14.6 Å². The Hall–Kier alpha value is -4.28. The SMILES string of the molecule is O=c1nc(N2CC3CCC(C2)N3)c2cc(F)c(-c3c(O)cccc3F)nc2n1-c1ccc(SCc2ccccc2)cc1. The molecule has 2 fully saturated rings. The molecule has 42 heavy (non-hydrogen) atoms. The summed E-state index contributed by atoms with van der Waals surface area (Å²) in [5.74, 6) is -0.926. The highest BCUT2D eigenvalue weighted by Crippen LogP contribution is 2.36. The number of piperazine rings is 1. The lowest BCUT2D eigenvalue weighted by Gasteiger charge is -2.34. The van der Waals surface area contributed by atoms with E-state index in [1.807, 2.05) is 35.2 Å². The van der Waals surface area contributed by atoms with E-state index in [2.05, 4.69) is 27.4 Å². The largest absolute Gasteiger partial charge is 0.507 e. The van der Waals surface area contributed by atoms with Crippen LogP contribution < -0.4 is 15.9 Å². The Morgan fingerprint density at radius 1 is 0.905 bits per heavy atom. The fraction of sp³-hybridized carbons (Fsp3) is 0.219. The Morgan fingerprint density at radius 3 is 2.36 bits per heavy atom. The molecule has 7 nitrogen and oxygen atoms in total. The molecule has 4 heterocycles. The minimum atomic E-state index is -0.818. The number of fused-ring (bicyclic) bond motifs is 3. The Bertz CT molecular complexity index is 1820. The van der Waals surface area contributed by atoms with E-state index in [4.69, 9.17) is 0 Å². The molecule has 0 spiro atoms. The second-order valence-electron chi connectivity index (χ2n) is 10.7. The Labute approximate surface area is 244 Å². The van der Waals surface area contributed by atoms with Crippen LogP contribution in [0.3, 0.4) is 0 Å². The third-order valence-corrected chi connectivity index (χ3v) is 8.97. The van der Waals surface area contributed by atoms with Crippen molar-refractivity contribution >= 4 is 28.6 Å². The van der Waals surface area contributed by atoms with Crippen molar-refractivity contribution < 1.29 is 13.9 Å². The van der Waals surface area contributed by atoms with Crippen LogP contribution in [0, 0.1) is 11.6 Å². The number of hydrogen-bond acceptors (Lipinski definition) is 7. The topological polar surface area (TPSA) is 83.3 Å². The molecule has 2 bridgehead atoms. The number of pyridine rings is 1. The van der Waals surface area contributed by atoms with Crippen molar-refractivity contribution in [3.05, 3.63) is 107 Å². The zero-order valence-corrected chi connectivity index (χ0v) is 23.3. The van der Waals surface area contributed by atoms with Crippen LogP contribution >= 0.6 is 11.8 Å². The number of phenolic OH excluding ortho intramolecular Hbond substituents is 1. The fourth-order valence-corrected chi connectivity index (χ4v) is 6.76. The van der Waals surface area contributed by atoms with Gasteiger partial charge in [-0.1, -0.05) is 36.4 Å². The van der Waals surface area contributed by atoms with E-state index in [0.29, 0.717) is 30.0 Å². The van der Waals surface area contributed by atoms with Crippen LogP contribution in [0.15, 0.2) is 88.6 Å². The van der Waals surface area contributed by atoms with Gasteiger partial charge in [0.05, 0.1) is 16.6 Å². The summed E-state index contributed by atoms with van der Waals surface area (Å²) in [6.07, 6.45) is 2.04. The number of nitrogens with one attached hydrogen (secondary N) is 1. The lowest BCUT2D eigenvalue weighted by Crippen LogP contribution is -2.52. The molecule has 2 saturated heterocycles. The minimum Gasteiger partial charge on any atom is -0.507 e. The van der Waals surface area contributed by atoms with E-state index in [1.54, 1.807) is 23.9 Å². The summed E-state index contributed by atoms with van der Waals surface area (Å²) in [5, 5.41) is 14.3. The molecule has 0 radical (unpaired) electrons. The van der Waals surface area contributed by atoms with Gasteiger partial charge in [0.25, 0.3) is 0 Å². The van der Waals surface area contributed by atoms with Crippen molar-refractivity contribution in [3.63, 3.8) is 0 Å². The van der Waals surface area contributed by atoms with Crippen molar-refractivity contribution in [2.45, 2.75) is 35.6 Å². The summed E-state index contributed by atoms with van der Waals surface area (Å²) < 4.78 is 31.9. The van der Waals surface area contributed by atoms with Gasteiger partial charge in [-0.3, -0.25) is 0 Å². The number of rotatable bonds is 6. The van der Waals surface area contributed by atoms with Crippen LogP contribution in [0.2, 0.25) is 0 Å². The number of halogens is 2. The smallest absolute Gasteiger partial charge is 0.355 e. The Kier molecular flexibility index (Phi) is 6.87. The number of nitrogens with zero attached hydrogens (tertiary/aromatic N) is 4. The molecular formula is C32H27F2N5O2S. The molecule has 2 unspecified atom stereocenters. The molecule has 2 aliphatic rings. The summed E-state index contributed by atoms with van der Waals surface area (Å²) in [7, 11) is 0. The number of aromatic hydroxyl groups is 1. The van der Waals surface area contributed by atoms with E-state index < -0.39 is 23.1 Å². The van der Waals surface area contributed by atoms with Crippen LogP contribution in [-0.2, 0) is 5.75 Å². The van der Waals surface area contributed by atoms with Crippen LogP contribution in [0.5, 0.6) is 5.75 Å². The average molecular weight is 584 g/mol. The molecule has 0 aliphatic carbocycles. The fourth-order valence-electron chi connectivity index (χ4n) is 5.90. The summed E-state index contributed by atoms with van der Waals surface area (Å²) in [5.41, 5.74) is 0.526. The summed E-state index contributed by atoms with van der Waals surface area (Å²) in [6.45, 7) is 1.26. The monoisotopic (exact) mass is 583 g/mol. The highest BCUT2D eigenvalue weighted by Gasteiger charge is 2.34. The number of anilines is 1. The second kappa shape index (κ2) is 10.8. The average Bonchev–Trinajstić information content (AvgIpc) is 3.34. The van der Waals surface area contributed by atoms with Gasteiger partial charge in [0.1, 0.15) is 23.1 Å². The van der Waals surface area contributed by atoms with Gasteiger partial charge < -0.3 is 15.3 Å². The van der Waals surface area contributed by atoms with Gasteiger partial charge in [-0.15, -0.1) is 11.8 Å². The number of aromatic nitrogens is 3. The van der Waals surface area contributed by atoms with E-state index in [-0.39, 0.29) is 29.0 Å². The number of thioether (sulfide) groups is 1. The summed E-state index contributed by atoms with van der Waals surface area (Å²) in [6, 6.07) is 23.1. The van der Waals surface area contributed by atoms with E-state index >= 15 is 4.39 Å². The molecule has 7 rings (SSSR count). The van der Waals surface area contributed by atoms with Gasteiger partial charge in [0.2, 0.25) is 0 Å². The molecule has 0 saturated carbocycles. The molecule has 2 N–H and O–H groups in total. The lowest BCUT2D eigenvalue weighted by atomic mass is 10.1. The van der Waals surface area contributed by atoms with Crippen LogP contribution in [0.1, 0.15) is 18.4 Å². The second-order valence-corrected chi connectivity index (χ2v) is 11.7. The Morgan fingerprint density at radius 2 is 1.64 bits per heavy atom. The predicted molar refractivity (Wildman–Crippen MR) is 160 cm³/mol. The normalized spacial score (nSPS) is 18.1. The van der Waals surface area contributed by atoms with Gasteiger partial charge in [-0.25, -0.2) is 23.1 Å². The maximum atomic E-state index is 15.7. The van der Waals surface area contributed by atoms with Crippen molar-refractivity contribution in [3.8, 4) is 22.7 Å². The van der Waals surface area contributed by atoms with Gasteiger partial charge >= 0.3 is 5.69 Å². The molecule has 10 heteroatoms. The molecular weight excluding hydrogens is 556 g/mol. The van der Waals surface area contributed by atoms with Crippen molar-refractivity contribution in [2.75, 3.05) is 18.0 Å². The highest BCUT2D eigenvalue weighted by atomic mass is 32.2. The van der Waals surface area contributed by atoms with E-state index in [0.717, 1.165) is 29.6 Å². The quantitative estimate of drug-likeness (QED) is 0.250. The number of phenols is 1. The molecule has 5 aromatic rings. The first kappa shape index (κ1) is 26.6. The lowest BCUT2D eigenvalue weighted by molar-refractivity contribution is 0.463. The van der Waals surface area contributed by atoms with Crippen molar-refractivity contribution in [2.24, 2.45) is 0 Å². The first-order valence-corrected chi connectivity index (χ1v) is 14.8. The number of hydrogen-bond donors (Lipinski definition) is 2. The maximum absolute atomic E-state index is 15.7. The molecule has 212 valence electrons. The molecule has 2 aliphatic heterocycles. The molecule has 3 aromatic carbocycles. The first-order valence-electron chi connectivity index (χ1n) is 13.8. The third-order valence-electron chi connectivity index (χ3n) is 7.89. The maximum Gasteiger partial charge on any atom is 0.355 e. The van der Waals surface area contributed by atoms with E-state index in [1.165, 1.54) is 28.3 Å². The first-order chi connectivity index (χ1) is 20.4.